The van der Waals surface area contributed by atoms with Gasteiger partial charge < -0.3 is 11.1 Å². The fourth-order valence-electron chi connectivity index (χ4n) is 2.45. The Balaban J connectivity index is 1.88. The van der Waals surface area contributed by atoms with Crippen molar-refractivity contribution in [2.75, 3.05) is 6.54 Å². The van der Waals surface area contributed by atoms with Gasteiger partial charge in [0.15, 0.2) is 0 Å². The number of hydrogen-bond donors (Lipinski definition) is 2. The summed E-state index contributed by atoms with van der Waals surface area (Å²) in [4.78, 5) is 11.1. The predicted octanol–water partition coefficient (Wildman–Crippen LogP) is 2.73. The summed E-state index contributed by atoms with van der Waals surface area (Å²) in [5.41, 5.74) is 11.0. The molecule has 0 saturated carbocycles. The fourth-order valence-corrected chi connectivity index (χ4v) is 2.45. The van der Waals surface area contributed by atoms with Crippen LogP contribution in [-0.4, -0.2) is 12.5 Å². The van der Waals surface area contributed by atoms with E-state index in [1.807, 2.05) is 18.2 Å². The minimum Gasteiger partial charge on any atom is -0.366 e. The van der Waals surface area contributed by atoms with Gasteiger partial charge in [0, 0.05) is 12.1 Å². The van der Waals surface area contributed by atoms with Gasteiger partial charge in [-0.2, -0.15) is 0 Å². The molecule has 2 aromatic rings. The molecule has 0 radical (unpaired) electrons. The number of carbonyl (C=O) groups excluding carboxylic acids is 1. The lowest BCUT2D eigenvalue weighted by Crippen LogP contribution is -2.18. The molecule has 0 saturated heterocycles. The maximum absolute atomic E-state index is 11.1. The van der Waals surface area contributed by atoms with Crippen LogP contribution in [0.1, 0.15) is 32.6 Å². The molecular formula is C18H22N2O. The normalized spacial score (nSPS) is 10.6. The van der Waals surface area contributed by atoms with Gasteiger partial charge >= 0.3 is 0 Å². The molecule has 0 unspecified atom stereocenters. The van der Waals surface area contributed by atoms with Crippen LogP contribution >= 0.6 is 0 Å². The van der Waals surface area contributed by atoms with Crippen LogP contribution < -0.4 is 11.1 Å². The van der Waals surface area contributed by atoms with Crippen molar-refractivity contribution in [2.24, 2.45) is 5.73 Å². The summed E-state index contributed by atoms with van der Waals surface area (Å²) in [6.07, 6.45) is 0.881. The smallest absolute Gasteiger partial charge is 0.248 e. The van der Waals surface area contributed by atoms with Gasteiger partial charge in [-0.15, -0.1) is 0 Å². The lowest BCUT2D eigenvalue weighted by molar-refractivity contribution is 0.1000. The molecule has 0 aromatic heterocycles. The second-order valence-electron chi connectivity index (χ2n) is 5.36. The molecule has 2 rings (SSSR count). The fraction of sp³-hybridized carbons (Fsp3) is 0.278. The number of carbonyl (C=O) groups is 1. The van der Waals surface area contributed by atoms with E-state index >= 15 is 0 Å². The summed E-state index contributed by atoms with van der Waals surface area (Å²) in [6.45, 7) is 6.02. The number of rotatable bonds is 6. The second kappa shape index (κ2) is 7.04. The van der Waals surface area contributed by atoms with E-state index in [2.05, 4.69) is 37.4 Å². The van der Waals surface area contributed by atoms with Crippen molar-refractivity contribution >= 4 is 5.91 Å². The van der Waals surface area contributed by atoms with Crippen molar-refractivity contribution in [1.29, 1.82) is 0 Å². The first-order valence-electron chi connectivity index (χ1n) is 7.22. The Hall–Kier alpha value is -2.13. The largest absolute Gasteiger partial charge is 0.366 e. The Morgan fingerprint density at radius 1 is 1.10 bits per heavy atom. The van der Waals surface area contributed by atoms with Crippen LogP contribution in [0.3, 0.4) is 0 Å². The van der Waals surface area contributed by atoms with Crippen LogP contribution in [0.5, 0.6) is 0 Å². The van der Waals surface area contributed by atoms with E-state index in [4.69, 9.17) is 5.73 Å². The number of nitrogens with two attached hydrogens (primary N) is 1. The van der Waals surface area contributed by atoms with E-state index in [1.54, 1.807) is 6.07 Å². The summed E-state index contributed by atoms with van der Waals surface area (Å²) in [5, 5.41) is 3.46. The van der Waals surface area contributed by atoms with E-state index in [0.717, 1.165) is 25.1 Å². The molecule has 0 aliphatic carbocycles. The maximum Gasteiger partial charge on any atom is 0.248 e. The highest BCUT2D eigenvalue weighted by Crippen LogP contribution is 2.12. The summed E-state index contributed by atoms with van der Waals surface area (Å²) in [7, 11) is 0. The van der Waals surface area contributed by atoms with Crippen molar-refractivity contribution in [3.63, 3.8) is 0 Å². The Bertz CT molecular complexity index is 615. The molecule has 1 amide bonds. The number of nitrogens with one attached hydrogen (secondary N) is 1. The average Bonchev–Trinajstić information content (AvgIpc) is 2.46. The molecule has 0 fully saturated rings. The molecule has 3 nitrogen and oxygen atoms in total. The van der Waals surface area contributed by atoms with Gasteiger partial charge in [-0.05, 0) is 61.2 Å². The molecule has 0 bridgehead atoms. The summed E-state index contributed by atoms with van der Waals surface area (Å²) >= 11 is 0. The lowest BCUT2D eigenvalue weighted by Gasteiger charge is -2.11. The third-order valence-electron chi connectivity index (χ3n) is 3.75. The minimum absolute atomic E-state index is 0.375. The van der Waals surface area contributed by atoms with Gasteiger partial charge in [-0.3, -0.25) is 4.79 Å². The first kappa shape index (κ1) is 15.3. The van der Waals surface area contributed by atoms with Crippen LogP contribution in [0, 0.1) is 13.8 Å². The molecule has 3 heteroatoms. The molecule has 21 heavy (non-hydrogen) atoms. The van der Waals surface area contributed by atoms with Gasteiger partial charge in [0.1, 0.15) is 0 Å². The summed E-state index contributed by atoms with van der Waals surface area (Å²) in [6, 6.07) is 13.9. The van der Waals surface area contributed by atoms with E-state index in [0.29, 0.717) is 5.56 Å². The molecule has 0 aliphatic heterocycles. The Morgan fingerprint density at radius 2 is 1.76 bits per heavy atom. The Labute approximate surface area is 126 Å². The lowest BCUT2D eigenvalue weighted by atomic mass is 10.0. The first-order valence-corrected chi connectivity index (χ1v) is 7.22. The van der Waals surface area contributed by atoms with E-state index in [9.17, 15) is 4.79 Å². The molecule has 0 spiro atoms. The minimum atomic E-state index is -0.375. The molecule has 0 atom stereocenters. The van der Waals surface area contributed by atoms with Crippen LogP contribution in [0.15, 0.2) is 42.5 Å². The third-order valence-corrected chi connectivity index (χ3v) is 3.75. The highest BCUT2D eigenvalue weighted by atomic mass is 16.1. The highest BCUT2D eigenvalue weighted by molar-refractivity contribution is 5.92. The zero-order valence-corrected chi connectivity index (χ0v) is 12.6. The standard InChI is InChI=1S/C18H22N2O/c1-13-5-3-6-14(2)17(13)12-20-10-9-15-7-4-8-16(11-15)18(19)21/h3-8,11,20H,9-10,12H2,1-2H3,(H2,19,21). The van der Waals surface area contributed by atoms with Gasteiger partial charge in [-0.1, -0.05) is 30.3 Å². The summed E-state index contributed by atoms with van der Waals surface area (Å²) < 4.78 is 0. The number of hydrogen-bond acceptors (Lipinski definition) is 2. The first-order chi connectivity index (χ1) is 10.1. The Morgan fingerprint density at radius 3 is 2.43 bits per heavy atom. The van der Waals surface area contributed by atoms with Crippen LogP contribution in [0.2, 0.25) is 0 Å². The number of benzene rings is 2. The van der Waals surface area contributed by atoms with Gasteiger partial charge in [-0.25, -0.2) is 0 Å². The summed E-state index contributed by atoms with van der Waals surface area (Å²) in [5.74, 6) is -0.375. The number of amides is 1. The third kappa shape index (κ3) is 4.17. The van der Waals surface area contributed by atoms with Crippen LogP contribution in [-0.2, 0) is 13.0 Å². The van der Waals surface area contributed by atoms with E-state index in [-0.39, 0.29) is 5.91 Å². The number of primary amides is 1. The molecule has 3 N–H and O–H groups in total. The van der Waals surface area contributed by atoms with Crippen LogP contribution in [0.4, 0.5) is 0 Å². The SMILES string of the molecule is Cc1cccc(C)c1CNCCc1cccc(C(N)=O)c1. The Kier molecular flexibility index (Phi) is 5.12. The monoisotopic (exact) mass is 282 g/mol. The topological polar surface area (TPSA) is 55.1 Å². The predicted molar refractivity (Wildman–Crippen MR) is 86.3 cm³/mol. The quantitative estimate of drug-likeness (QED) is 0.800. The molecule has 0 heterocycles. The van der Waals surface area contributed by atoms with Gasteiger partial charge in [0.05, 0.1) is 0 Å². The van der Waals surface area contributed by atoms with Gasteiger partial charge in [0.25, 0.3) is 0 Å². The van der Waals surface area contributed by atoms with Crippen LogP contribution in [0.25, 0.3) is 0 Å². The average molecular weight is 282 g/mol. The van der Waals surface area contributed by atoms with Crippen molar-refractivity contribution in [2.45, 2.75) is 26.8 Å². The van der Waals surface area contributed by atoms with E-state index < -0.39 is 0 Å². The van der Waals surface area contributed by atoms with Crippen molar-refractivity contribution in [3.05, 3.63) is 70.3 Å². The molecule has 110 valence electrons. The van der Waals surface area contributed by atoms with Crippen molar-refractivity contribution < 1.29 is 4.79 Å². The number of aryl methyl sites for hydroxylation is 2. The molecule has 2 aromatic carbocycles. The van der Waals surface area contributed by atoms with Crippen molar-refractivity contribution in [1.82, 2.24) is 5.32 Å². The zero-order valence-electron chi connectivity index (χ0n) is 12.6. The van der Waals surface area contributed by atoms with Crippen molar-refractivity contribution in [3.8, 4) is 0 Å². The highest BCUT2D eigenvalue weighted by Gasteiger charge is 2.03. The molecular weight excluding hydrogens is 260 g/mol. The second-order valence-corrected chi connectivity index (χ2v) is 5.36. The zero-order chi connectivity index (χ0) is 15.2. The maximum atomic E-state index is 11.1. The molecule has 0 aliphatic rings. The van der Waals surface area contributed by atoms with Gasteiger partial charge in [0.2, 0.25) is 5.91 Å². The van der Waals surface area contributed by atoms with E-state index in [1.165, 1.54) is 16.7 Å².